The molecule has 4 aromatic heterocycles. The maximum Gasteiger partial charge on any atom is 0.245 e. The highest BCUT2D eigenvalue weighted by Crippen LogP contribution is 2.43. The summed E-state index contributed by atoms with van der Waals surface area (Å²) in [6.07, 6.45) is 7.40. The van der Waals surface area contributed by atoms with Gasteiger partial charge in [-0.15, -0.1) is 0 Å². The van der Waals surface area contributed by atoms with Crippen LogP contribution in [0, 0.1) is 0 Å². The zero-order chi connectivity index (χ0) is 28.8. The number of carbonyl (C=O) groups is 1. The molecule has 42 heavy (non-hydrogen) atoms. The van der Waals surface area contributed by atoms with E-state index in [1.54, 1.807) is 17.1 Å². The molecule has 1 aliphatic carbocycles. The van der Waals surface area contributed by atoms with Crippen LogP contribution >= 0.6 is 0 Å². The first-order valence-electron chi connectivity index (χ1n) is 14.1. The lowest BCUT2D eigenvalue weighted by Crippen LogP contribution is -2.45. The molecule has 11 heteroatoms. The molecule has 0 saturated carbocycles. The Morgan fingerprint density at radius 1 is 1.07 bits per heavy atom. The van der Waals surface area contributed by atoms with Crippen LogP contribution in [0.1, 0.15) is 42.6 Å². The van der Waals surface area contributed by atoms with Gasteiger partial charge in [-0.25, -0.2) is 24.0 Å². The van der Waals surface area contributed by atoms with E-state index in [-0.39, 0.29) is 18.0 Å². The maximum atomic E-state index is 15.6. The second-order valence-electron chi connectivity index (χ2n) is 10.7. The van der Waals surface area contributed by atoms with Crippen molar-refractivity contribution >= 4 is 22.9 Å². The molecule has 1 amide bonds. The summed E-state index contributed by atoms with van der Waals surface area (Å²) in [5, 5.41) is 7.98. The Bertz CT molecular complexity index is 1790. The second-order valence-corrected chi connectivity index (χ2v) is 10.7. The van der Waals surface area contributed by atoms with Gasteiger partial charge in [-0.3, -0.25) is 9.36 Å². The van der Waals surface area contributed by atoms with Crippen molar-refractivity contribution in [2.45, 2.75) is 37.5 Å². The Kier molecular flexibility index (Phi) is 6.50. The molecule has 2 aliphatic rings. The third-order valence-electron chi connectivity index (χ3n) is 8.21. The summed E-state index contributed by atoms with van der Waals surface area (Å²) < 4.78 is 19.2. The third-order valence-corrected chi connectivity index (χ3v) is 8.21. The van der Waals surface area contributed by atoms with E-state index in [0.717, 1.165) is 24.1 Å². The topological polar surface area (TPSA) is 120 Å². The number of nitrogen functional groups attached to an aromatic ring is 1. The number of pyridine rings is 2. The lowest BCUT2D eigenvalue weighted by molar-refractivity contribution is -0.127. The van der Waals surface area contributed by atoms with E-state index in [2.05, 4.69) is 22.0 Å². The van der Waals surface area contributed by atoms with E-state index in [1.807, 2.05) is 64.2 Å². The summed E-state index contributed by atoms with van der Waals surface area (Å²) >= 11 is 0. The monoisotopic (exact) mass is 563 g/mol. The maximum absolute atomic E-state index is 15.6. The molecule has 7 rings (SSSR count). The van der Waals surface area contributed by atoms with E-state index >= 15 is 4.39 Å². The molecule has 0 bridgehead atoms. The number of hydrogen-bond acceptors (Lipinski definition) is 7. The summed E-state index contributed by atoms with van der Waals surface area (Å²) in [5.74, 6) is 1.51. The van der Waals surface area contributed by atoms with Gasteiger partial charge in [0.15, 0.2) is 17.3 Å². The van der Waals surface area contributed by atoms with Crippen molar-refractivity contribution in [1.82, 2.24) is 39.5 Å². The minimum absolute atomic E-state index is 0.0401. The quantitative estimate of drug-likeness (QED) is 0.293. The SMILES string of the molecule is C=CC(=O)N1CCC(NC2CC(F)c3cc(-n4c(-c5cccnc5N)nc5ccc(-n6cccn6)nc54)ccc32)CC1. The Labute approximate surface area is 241 Å². The Morgan fingerprint density at radius 3 is 2.69 bits per heavy atom. The number of nitrogens with two attached hydrogens (primary N) is 1. The molecule has 1 aliphatic heterocycles. The number of aromatic nitrogens is 6. The van der Waals surface area contributed by atoms with Gasteiger partial charge in [0.1, 0.15) is 17.5 Å². The fourth-order valence-electron chi connectivity index (χ4n) is 6.10. The summed E-state index contributed by atoms with van der Waals surface area (Å²) in [4.78, 5) is 27.8. The molecule has 3 N–H and O–H groups in total. The molecule has 5 heterocycles. The smallest absolute Gasteiger partial charge is 0.245 e. The van der Waals surface area contributed by atoms with Gasteiger partial charge in [-0.05, 0) is 72.5 Å². The highest BCUT2D eigenvalue weighted by Gasteiger charge is 2.34. The normalized spacial score (nSPS) is 18.8. The van der Waals surface area contributed by atoms with Crippen molar-refractivity contribution in [3.05, 3.63) is 90.9 Å². The highest BCUT2D eigenvalue weighted by molar-refractivity contribution is 5.87. The fraction of sp³-hybridized carbons (Fsp3) is 0.258. The van der Waals surface area contributed by atoms with Crippen LogP contribution < -0.4 is 11.1 Å². The van der Waals surface area contributed by atoms with Gasteiger partial charge in [0.05, 0.1) is 5.56 Å². The number of alkyl halides is 1. The number of nitrogens with zero attached hydrogens (tertiary/aromatic N) is 7. The van der Waals surface area contributed by atoms with Gasteiger partial charge in [0.2, 0.25) is 5.91 Å². The van der Waals surface area contributed by atoms with Crippen molar-refractivity contribution in [3.8, 4) is 22.9 Å². The van der Waals surface area contributed by atoms with Gasteiger partial charge in [-0.1, -0.05) is 12.6 Å². The summed E-state index contributed by atoms with van der Waals surface area (Å²) in [6, 6.07) is 15.3. The first kappa shape index (κ1) is 26.0. The standard InChI is InChI=1S/C31H30FN9O/c1-2-28(42)39-15-10-19(11-16-39)36-26-18-24(32)23-17-20(6-7-21(23)26)41-30(22-5-3-12-34-29(22)33)37-25-8-9-27(38-31(25)41)40-14-4-13-35-40/h2-9,12-14,17,19,24,26,36H,1,10-11,15-16,18H2,(H2,33,34). The number of carbonyl (C=O) groups excluding carboxylic acids is 1. The van der Waals surface area contributed by atoms with E-state index < -0.39 is 6.17 Å². The number of imidazole rings is 1. The zero-order valence-electron chi connectivity index (χ0n) is 22.9. The molecule has 2 unspecified atom stereocenters. The molecule has 1 aromatic carbocycles. The summed E-state index contributed by atoms with van der Waals surface area (Å²) in [5.41, 5.74) is 10.6. The van der Waals surface area contributed by atoms with Crippen molar-refractivity contribution in [2.75, 3.05) is 18.8 Å². The van der Waals surface area contributed by atoms with Gasteiger partial charge in [0.25, 0.3) is 0 Å². The van der Waals surface area contributed by atoms with Crippen LogP contribution in [0.25, 0.3) is 34.1 Å². The van der Waals surface area contributed by atoms with Crippen molar-refractivity contribution in [3.63, 3.8) is 0 Å². The minimum atomic E-state index is -1.12. The average Bonchev–Trinajstić information content (AvgIpc) is 3.75. The van der Waals surface area contributed by atoms with Crippen LogP contribution in [0.2, 0.25) is 0 Å². The first-order chi connectivity index (χ1) is 20.5. The largest absolute Gasteiger partial charge is 0.383 e. The number of rotatable bonds is 6. The predicted octanol–water partition coefficient (Wildman–Crippen LogP) is 4.47. The van der Waals surface area contributed by atoms with Crippen molar-refractivity contribution in [1.29, 1.82) is 0 Å². The average molecular weight is 564 g/mol. The van der Waals surface area contributed by atoms with E-state index in [0.29, 0.717) is 59.3 Å². The molecule has 5 aromatic rings. The molecular weight excluding hydrogens is 533 g/mol. The molecule has 1 fully saturated rings. The van der Waals surface area contributed by atoms with Gasteiger partial charge >= 0.3 is 0 Å². The van der Waals surface area contributed by atoms with Gasteiger partial charge in [-0.2, -0.15) is 5.10 Å². The Morgan fingerprint density at radius 2 is 1.93 bits per heavy atom. The molecule has 0 radical (unpaired) electrons. The molecule has 2 atom stereocenters. The second kappa shape index (κ2) is 10.5. The Balaban J connectivity index is 1.26. The van der Waals surface area contributed by atoms with E-state index in [4.69, 9.17) is 15.7 Å². The van der Waals surface area contributed by atoms with Crippen molar-refractivity contribution in [2.24, 2.45) is 0 Å². The van der Waals surface area contributed by atoms with Crippen LogP contribution in [0.5, 0.6) is 0 Å². The minimum Gasteiger partial charge on any atom is -0.383 e. The molecule has 212 valence electrons. The van der Waals surface area contributed by atoms with Crippen molar-refractivity contribution < 1.29 is 9.18 Å². The lowest BCUT2D eigenvalue weighted by Gasteiger charge is -2.33. The first-order valence-corrected chi connectivity index (χ1v) is 14.1. The number of benzene rings is 1. The van der Waals surface area contributed by atoms with Crippen LogP contribution in [-0.2, 0) is 4.79 Å². The van der Waals surface area contributed by atoms with Gasteiger partial charge < -0.3 is 16.0 Å². The van der Waals surface area contributed by atoms with E-state index in [1.165, 1.54) is 6.08 Å². The summed E-state index contributed by atoms with van der Waals surface area (Å²) in [7, 11) is 0. The van der Waals surface area contributed by atoms with Crippen LogP contribution in [-0.4, -0.2) is 59.2 Å². The van der Waals surface area contributed by atoms with Gasteiger partial charge in [0, 0.05) is 55.9 Å². The number of likely N-dealkylation sites (tertiary alicyclic amines) is 1. The number of anilines is 1. The third kappa shape index (κ3) is 4.51. The molecular formula is C31H30FN9O. The molecule has 0 spiro atoms. The Hall–Kier alpha value is -4.90. The molecule has 10 nitrogen and oxygen atoms in total. The molecule has 1 saturated heterocycles. The zero-order valence-corrected chi connectivity index (χ0v) is 22.9. The lowest BCUT2D eigenvalue weighted by atomic mass is 10.0. The van der Waals surface area contributed by atoms with E-state index in [9.17, 15) is 4.79 Å². The predicted molar refractivity (Wildman–Crippen MR) is 158 cm³/mol. The van der Waals surface area contributed by atoms with Crippen LogP contribution in [0.3, 0.4) is 0 Å². The summed E-state index contributed by atoms with van der Waals surface area (Å²) in [6.45, 7) is 4.92. The van der Waals surface area contributed by atoms with Crippen LogP contribution in [0.4, 0.5) is 10.2 Å². The van der Waals surface area contributed by atoms with Crippen LogP contribution in [0.15, 0.2) is 79.8 Å². The number of fused-ring (bicyclic) bond motifs is 2. The number of halogens is 1. The highest BCUT2D eigenvalue weighted by atomic mass is 19.1. The number of amides is 1. The number of piperidine rings is 1. The number of nitrogens with one attached hydrogen (secondary N) is 1. The number of hydrogen-bond donors (Lipinski definition) is 2. The fourth-order valence-corrected chi connectivity index (χ4v) is 6.10.